The zero-order chi connectivity index (χ0) is 10.9. The number of hydrogen-bond acceptors (Lipinski definition) is 2. The fraction of sp³-hybridized carbons (Fsp3) is 0.500. The first-order chi connectivity index (χ1) is 7.15. The van der Waals surface area contributed by atoms with Crippen LogP contribution in [0.25, 0.3) is 0 Å². The van der Waals surface area contributed by atoms with Crippen LogP contribution in [0.5, 0.6) is 5.75 Å². The number of rotatable bonds is 4. The van der Waals surface area contributed by atoms with E-state index < -0.39 is 0 Å². The zero-order valence-electron chi connectivity index (χ0n) is 8.79. The molecule has 0 heterocycles. The molecule has 1 fully saturated rings. The average Bonchev–Trinajstić information content (AvgIpc) is 3.00. The minimum absolute atomic E-state index is 0.359. The molecular weight excluding hydrogens is 272 g/mol. The van der Waals surface area contributed by atoms with Crippen molar-refractivity contribution in [1.29, 1.82) is 0 Å². The van der Waals surface area contributed by atoms with Gasteiger partial charge in [-0.15, -0.1) is 0 Å². The van der Waals surface area contributed by atoms with Gasteiger partial charge in [-0.25, -0.2) is 0 Å². The van der Waals surface area contributed by atoms with Gasteiger partial charge in [0.2, 0.25) is 0 Å². The van der Waals surface area contributed by atoms with E-state index in [9.17, 15) is 0 Å². The molecule has 3 heteroatoms. The Hall–Kier alpha value is -0.150. The molecule has 1 saturated carbocycles. The van der Waals surface area contributed by atoms with Crippen LogP contribution in [-0.2, 0) is 0 Å². The molecule has 0 saturated heterocycles. The normalized spacial score (nSPS) is 17.5. The summed E-state index contributed by atoms with van der Waals surface area (Å²) < 4.78 is 6.93. The Morgan fingerprint density at radius 3 is 2.80 bits per heavy atom. The molecule has 1 aliphatic carbocycles. The second-order valence-corrected chi connectivity index (χ2v) is 5.59. The highest BCUT2D eigenvalue weighted by molar-refractivity contribution is 9.10. The largest absolute Gasteiger partial charge is 0.493 e. The molecule has 0 spiro atoms. The first kappa shape index (κ1) is 11.3. The highest BCUT2D eigenvalue weighted by atomic mass is 79.9. The molecule has 1 nitrogen and oxygen atoms in total. The lowest BCUT2D eigenvalue weighted by Crippen LogP contribution is -2.14. The Balaban J connectivity index is 2.01. The van der Waals surface area contributed by atoms with Gasteiger partial charge in [-0.3, -0.25) is 0 Å². The van der Waals surface area contributed by atoms with E-state index in [1.807, 2.05) is 12.1 Å². The maximum Gasteiger partial charge on any atom is 0.123 e. The summed E-state index contributed by atoms with van der Waals surface area (Å²) in [6, 6.07) is 6.14. The quantitative estimate of drug-likeness (QED) is 0.828. The van der Waals surface area contributed by atoms with Crippen molar-refractivity contribution in [2.24, 2.45) is 5.41 Å². The molecule has 0 aliphatic heterocycles. The second-order valence-electron chi connectivity index (χ2n) is 4.36. The third-order valence-electron chi connectivity index (χ3n) is 2.98. The van der Waals surface area contributed by atoms with Crippen LogP contribution < -0.4 is 4.74 Å². The summed E-state index contributed by atoms with van der Waals surface area (Å²) in [4.78, 5) is 0. The molecule has 82 valence electrons. The monoisotopic (exact) mass is 286 g/mol. The lowest BCUT2D eigenvalue weighted by atomic mass is 10.1. The van der Waals surface area contributed by atoms with E-state index in [0.29, 0.717) is 5.41 Å². The standard InChI is InChI=1S/C12H15BrOS/c1-9-2-3-10(13)6-11(9)14-7-12(8-15)4-5-12/h2-3,6,15H,4-5,7-8H2,1H3. The van der Waals surface area contributed by atoms with Crippen LogP contribution in [0.1, 0.15) is 18.4 Å². The Bertz CT molecular complexity index is 361. The van der Waals surface area contributed by atoms with Crippen LogP contribution in [0.15, 0.2) is 22.7 Å². The molecule has 0 radical (unpaired) electrons. The van der Waals surface area contributed by atoms with Crippen molar-refractivity contribution in [3.05, 3.63) is 28.2 Å². The van der Waals surface area contributed by atoms with Crippen molar-refractivity contribution in [3.8, 4) is 5.75 Å². The molecule has 0 N–H and O–H groups in total. The predicted molar refractivity (Wildman–Crippen MR) is 69.9 cm³/mol. The lowest BCUT2D eigenvalue weighted by molar-refractivity contribution is 0.249. The van der Waals surface area contributed by atoms with E-state index >= 15 is 0 Å². The van der Waals surface area contributed by atoms with Crippen LogP contribution >= 0.6 is 28.6 Å². The average molecular weight is 287 g/mol. The third kappa shape index (κ3) is 2.70. The molecule has 2 rings (SSSR count). The zero-order valence-corrected chi connectivity index (χ0v) is 11.3. The molecule has 0 unspecified atom stereocenters. The van der Waals surface area contributed by atoms with Crippen molar-refractivity contribution in [3.63, 3.8) is 0 Å². The highest BCUT2D eigenvalue weighted by Crippen LogP contribution is 2.46. The van der Waals surface area contributed by atoms with Crippen molar-refractivity contribution in [2.45, 2.75) is 19.8 Å². The molecule has 1 aliphatic rings. The van der Waals surface area contributed by atoms with Crippen LogP contribution in [0.3, 0.4) is 0 Å². The van der Waals surface area contributed by atoms with Gasteiger partial charge in [0.05, 0.1) is 6.61 Å². The maximum atomic E-state index is 5.86. The van der Waals surface area contributed by atoms with Crippen molar-refractivity contribution in [2.75, 3.05) is 12.4 Å². The fourth-order valence-corrected chi connectivity index (χ4v) is 2.23. The second kappa shape index (κ2) is 4.38. The number of aryl methyl sites for hydroxylation is 1. The molecular formula is C12H15BrOS. The van der Waals surface area contributed by atoms with Gasteiger partial charge >= 0.3 is 0 Å². The number of ether oxygens (including phenoxy) is 1. The highest BCUT2D eigenvalue weighted by Gasteiger charge is 2.42. The third-order valence-corrected chi connectivity index (χ3v) is 4.14. The van der Waals surface area contributed by atoms with Crippen LogP contribution in [-0.4, -0.2) is 12.4 Å². The maximum absolute atomic E-state index is 5.86. The summed E-state index contributed by atoms with van der Waals surface area (Å²) in [6.07, 6.45) is 2.51. The summed E-state index contributed by atoms with van der Waals surface area (Å²) in [5.74, 6) is 1.91. The van der Waals surface area contributed by atoms with Gasteiger partial charge < -0.3 is 4.74 Å². The van der Waals surface area contributed by atoms with E-state index in [1.165, 1.54) is 18.4 Å². The summed E-state index contributed by atoms with van der Waals surface area (Å²) in [6.45, 7) is 2.87. The first-order valence-corrected chi connectivity index (χ1v) is 6.58. The SMILES string of the molecule is Cc1ccc(Br)cc1OCC1(CS)CC1. The molecule has 0 bridgehead atoms. The number of benzene rings is 1. The van der Waals surface area contributed by atoms with Crippen LogP contribution in [0.4, 0.5) is 0 Å². The van der Waals surface area contributed by atoms with Gasteiger partial charge in [-0.05, 0) is 43.2 Å². The van der Waals surface area contributed by atoms with E-state index in [0.717, 1.165) is 22.6 Å². The smallest absolute Gasteiger partial charge is 0.123 e. The van der Waals surface area contributed by atoms with Crippen molar-refractivity contribution >= 4 is 28.6 Å². The van der Waals surface area contributed by atoms with Gasteiger partial charge in [-0.2, -0.15) is 12.6 Å². The van der Waals surface area contributed by atoms with E-state index in [1.54, 1.807) is 0 Å². The van der Waals surface area contributed by atoms with Gasteiger partial charge in [-0.1, -0.05) is 22.0 Å². The molecule has 0 atom stereocenters. The summed E-state index contributed by atoms with van der Waals surface area (Å²) in [7, 11) is 0. The molecule has 1 aromatic rings. The predicted octanol–water partition coefficient (Wildman–Crippen LogP) is 3.85. The number of halogens is 1. The van der Waals surface area contributed by atoms with Crippen molar-refractivity contribution in [1.82, 2.24) is 0 Å². The summed E-state index contributed by atoms with van der Waals surface area (Å²) >= 11 is 7.82. The molecule has 1 aromatic carbocycles. The first-order valence-electron chi connectivity index (χ1n) is 5.15. The molecule has 15 heavy (non-hydrogen) atoms. The summed E-state index contributed by atoms with van der Waals surface area (Å²) in [5, 5.41) is 0. The van der Waals surface area contributed by atoms with E-state index in [2.05, 4.69) is 41.5 Å². The Morgan fingerprint density at radius 2 is 2.20 bits per heavy atom. The minimum Gasteiger partial charge on any atom is -0.493 e. The molecule has 0 amide bonds. The number of hydrogen-bond donors (Lipinski definition) is 1. The van der Waals surface area contributed by atoms with Crippen molar-refractivity contribution < 1.29 is 4.74 Å². The Labute approximate surface area is 105 Å². The Kier molecular flexibility index (Phi) is 3.31. The number of thiol groups is 1. The van der Waals surface area contributed by atoms with E-state index in [-0.39, 0.29) is 0 Å². The van der Waals surface area contributed by atoms with Gasteiger partial charge in [0.25, 0.3) is 0 Å². The van der Waals surface area contributed by atoms with Gasteiger partial charge in [0, 0.05) is 9.89 Å². The minimum atomic E-state index is 0.359. The fourth-order valence-electron chi connectivity index (χ4n) is 1.49. The Morgan fingerprint density at radius 1 is 1.47 bits per heavy atom. The van der Waals surface area contributed by atoms with Crippen LogP contribution in [0, 0.1) is 12.3 Å². The molecule has 0 aromatic heterocycles. The lowest BCUT2D eigenvalue weighted by Gasteiger charge is -2.15. The topological polar surface area (TPSA) is 9.23 Å². The van der Waals surface area contributed by atoms with Crippen LogP contribution in [0.2, 0.25) is 0 Å². The van der Waals surface area contributed by atoms with Gasteiger partial charge in [0.1, 0.15) is 5.75 Å². The summed E-state index contributed by atoms with van der Waals surface area (Å²) in [5.41, 5.74) is 1.55. The van der Waals surface area contributed by atoms with Gasteiger partial charge in [0.15, 0.2) is 0 Å². The van der Waals surface area contributed by atoms with E-state index in [4.69, 9.17) is 4.74 Å².